The normalized spacial score (nSPS) is 12.6. The lowest BCUT2D eigenvalue weighted by atomic mass is 10.0. The van der Waals surface area contributed by atoms with Crippen LogP contribution < -0.4 is 5.69 Å². The number of rotatable bonds is 4. The molecule has 1 heterocycles. The number of aromatic nitrogens is 2. The van der Waals surface area contributed by atoms with Crippen molar-refractivity contribution in [3.8, 4) is 0 Å². The number of aliphatic hydroxyl groups is 1. The molecule has 4 nitrogen and oxygen atoms in total. The van der Waals surface area contributed by atoms with Crippen LogP contribution >= 0.6 is 0 Å². The van der Waals surface area contributed by atoms with Crippen LogP contribution in [0.25, 0.3) is 0 Å². The first-order valence-electron chi connectivity index (χ1n) is 6.53. The molecule has 0 fully saturated rings. The van der Waals surface area contributed by atoms with Gasteiger partial charge >= 0.3 is 5.69 Å². The Balaban J connectivity index is 2.23. The SMILES string of the molecule is CCn1ccn(CC(O)c2ccc(C)cc2C)c1=O. The van der Waals surface area contributed by atoms with Gasteiger partial charge < -0.3 is 5.11 Å². The Morgan fingerprint density at radius 3 is 2.47 bits per heavy atom. The molecule has 0 aliphatic rings. The quantitative estimate of drug-likeness (QED) is 0.914. The van der Waals surface area contributed by atoms with E-state index in [2.05, 4.69) is 0 Å². The van der Waals surface area contributed by atoms with E-state index in [9.17, 15) is 9.90 Å². The van der Waals surface area contributed by atoms with Crippen molar-refractivity contribution in [2.45, 2.75) is 40.0 Å². The van der Waals surface area contributed by atoms with Gasteiger partial charge in [-0.3, -0.25) is 9.13 Å². The first kappa shape index (κ1) is 13.6. The highest BCUT2D eigenvalue weighted by Crippen LogP contribution is 2.19. The zero-order chi connectivity index (χ0) is 14.0. The van der Waals surface area contributed by atoms with Gasteiger partial charge in [0.2, 0.25) is 0 Å². The molecule has 0 spiro atoms. The third kappa shape index (κ3) is 2.79. The number of benzene rings is 1. The van der Waals surface area contributed by atoms with E-state index in [4.69, 9.17) is 0 Å². The molecule has 1 unspecified atom stereocenters. The highest BCUT2D eigenvalue weighted by atomic mass is 16.3. The van der Waals surface area contributed by atoms with E-state index in [0.717, 1.165) is 11.1 Å². The van der Waals surface area contributed by atoms with Gasteiger partial charge in [-0.1, -0.05) is 23.8 Å². The van der Waals surface area contributed by atoms with Crippen molar-refractivity contribution in [2.24, 2.45) is 0 Å². The topological polar surface area (TPSA) is 47.2 Å². The van der Waals surface area contributed by atoms with Crippen molar-refractivity contribution in [3.63, 3.8) is 0 Å². The van der Waals surface area contributed by atoms with Crippen molar-refractivity contribution >= 4 is 0 Å². The molecule has 0 aliphatic carbocycles. The summed E-state index contributed by atoms with van der Waals surface area (Å²) in [6, 6.07) is 5.95. The predicted octanol–water partition coefficient (Wildman–Crippen LogP) is 2.02. The highest BCUT2D eigenvalue weighted by Gasteiger charge is 2.13. The van der Waals surface area contributed by atoms with Crippen molar-refractivity contribution < 1.29 is 5.11 Å². The third-order valence-corrected chi connectivity index (χ3v) is 3.41. The van der Waals surface area contributed by atoms with Crippen molar-refractivity contribution in [1.29, 1.82) is 0 Å². The molecule has 19 heavy (non-hydrogen) atoms. The number of aryl methyl sites for hydroxylation is 3. The minimum Gasteiger partial charge on any atom is -0.387 e. The summed E-state index contributed by atoms with van der Waals surface area (Å²) < 4.78 is 3.17. The van der Waals surface area contributed by atoms with Gasteiger partial charge in [-0.25, -0.2) is 4.79 Å². The minimum atomic E-state index is -0.661. The number of hydrogen-bond acceptors (Lipinski definition) is 2. The summed E-state index contributed by atoms with van der Waals surface area (Å²) in [5.74, 6) is 0. The Morgan fingerprint density at radius 2 is 1.89 bits per heavy atom. The molecule has 1 N–H and O–H groups in total. The summed E-state index contributed by atoms with van der Waals surface area (Å²) in [7, 11) is 0. The second-order valence-corrected chi connectivity index (χ2v) is 4.89. The smallest absolute Gasteiger partial charge is 0.328 e. The zero-order valence-electron chi connectivity index (χ0n) is 11.6. The van der Waals surface area contributed by atoms with Gasteiger partial charge in [0.1, 0.15) is 0 Å². The fourth-order valence-corrected chi connectivity index (χ4v) is 2.32. The maximum absolute atomic E-state index is 11.9. The Bertz CT molecular complexity index is 625. The summed E-state index contributed by atoms with van der Waals surface area (Å²) >= 11 is 0. The highest BCUT2D eigenvalue weighted by molar-refractivity contribution is 5.31. The van der Waals surface area contributed by atoms with E-state index in [0.29, 0.717) is 6.54 Å². The summed E-state index contributed by atoms with van der Waals surface area (Å²) in [4.78, 5) is 11.9. The van der Waals surface area contributed by atoms with Gasteiger partial charge in [-0.05, 0) is 31.9 Å². The zero-order valence-corrected chi connectivity index (χ0v) is 11.6. The number of nitrogens with zero attached hydrogens (tertiary/aromatic N) is 2. The van der Waals surface area contributed by atoms with Gasteiger partial charge in [0.25, 0.3) is 0 Å². The summed E-state index contributed by atoms with van der Waals surface area (Å²) in [6.45, 7) is 6.86. The lowest BCUT2D eigenvalue weighted by Gasteiger charge is -2.14. The van der Waals surface area contributed by atoms with Gasteiger partial charge in [0.15, 0.2) is 0 Å². The molecule has 4 heteroatoms. The van der Waals surface area contributed by atoms with Crippen LogP contribution in [0.2, 0.25) is 0 Å². The van der Waals surface area contributed by atoms with E-state index in [1.807, 2.05) is 39.0 Å². The summed E-state index contributed by atoms with van der Waals surface area (Å²) in [6.07, 6.45) is 2.81. The van der Waals surface area contributed by atoms with E-state index >= 15 is 0 Å². The molecule has 1 atom stereocenters. The standard InChI is InChI=1S/C15H20N2O2/c1-4-16-7-8-17(15(16)19)10-14(18)13-6-5-11(2)9-12(13)3/h5-9,14,18H,4,10H2,1-3H3. The first-order chi connectivity index (χ1) is 9.02. The largest absolute Gasteiger partial charge is 0.387 e. The molecule has 0 saturated carbocycles. The molecule has 0 radical (unpaired) electrons. The monoisotopic (exact) mass is 260 g/mol. The lowest BCUT2D eigenvalue weighted by molar-refractivity contribution is 0.154. The third-order valence-electron chi connectivity index (χ3n) is 3.41. The fraction of sp³-hybridized carbons (Fsp3) is 0.400. The molecular weight excluding hydrogens is 240 g/mol. The maximum atomic E-state index is 11.9. The summed E-state index contributed by atoms with van der Waals surface area (Å²) in [5, 5.41) is 10.3. The Kier molecular flexibility index (Phi) is 3.90. The summed E-state index contributed by atoms with van der Waals surface area (Å²) in [5.41, 5.74) is 3.02. The van der Waals surface area contributed by atoms with E-state index in [-0.39, 0.29) is 12.2 Å². The molecule has 0 bridgehead atoms. The molecule has 1 aromatic heterocycles. The Labute approximate surface area is 112 Å². The molecule has 2 aromatic rings. The molecule has 2 rings (SSSR count). The van der Waals surface area contributed by atoms with Crippen LogP contribution in [-0.4, -0.2) is 14.2 Å². The van der Waals surface area contributed by atoms with Crippen molar-refractivity contribution in [1.82, 2.24) is 9.13 Å². The number of hydrogen-bond donors (Lipinski definition) is 1. The van der Waals surface area contributed by atoms with Crippen molar-refractivity contribution in [2.75, 3.05) is 0 Å². The van der Waals surface area contributed by atoms with Crippen LogP contribution in [0.15, 0.2) is 35.4 Å². The van der Waals surface area contributed by atoms with Crippen LogP contribution in [0, 0.1) is 13.8 Å². The number of aliphatic hydroxyl groups excluding tert-OH is 1. The average molecular weight is 260 g/mol. The van der Waals surface area contributed by atoms with E-state index in [1.165, 1.54) is 5.56 Å². The van der Waals surface area contributed by atoms with Crippen LogP contribution in [0.4, 0.5) is 0 Å². The second-order valence-electron chi connectivity index (χ2n) is 4.89. The van der Waals surface area contributed by atoms with Crippen LogP contribution in [0.5, 0.6) is 0 Å². The van der Waals surface area contributed by atoms with E-state index in [1.54, 1.807) is 21.5 Å². The molecule has 0 saturated heterocycles. The van der Waals surface area contributed by atoms with Gasteiger partial charge in [0, 0.05) is 18.9 Å². The van der Waals surface area contributed by atoms with Crippen molar-refractivity contribution in [3.05, 3.63) is 57.8 Å². The second kappa shape index (κ2) is 5.45. The molecule has 0 aliphatic heterocycles. The fourth-order valence-electron chi connectivity index (χ4n) is 2.32. The Hall–Kier alpha value is -1.81. The van der Waals surface area contributed by atoms with Crippen LogP contribution in [-0.2, 0) is 13.1 Å². The molecular formula is C15H20N2O2. The Morgan fingerprint density at radius 1 is 1.21 bits per heavy atom. The van der Waals surface area contributed by atoms with Gasteiger partial charge in [0.05, 0.1) is 12.6 Å². The van der Waals surface area contributed by atoms with Crippen LogP contribution in [0.3, 0.4) is 0 Å². The minimum absolute atomic E-state index is 0.0775. The first-order valence-corrected chi connectivity index (χ1v) is 6.53. The maximum Gasteiger partial charge on any atom is 0.328 e. The van der Waals surface area contributed by atoms with Gasteiger partial charge in [-0.2, -0.15) is 0 Å². The van der Waals surface area contributed by atoms with Crippen LogP contribution in [0.1, 0.15) is 29.7 Å². The molecule has 1 aromatic carbocycles. The average Bonchev–Trinajstić information content (AvgIpc) is 2.70. The van der Waals surface area contributed by atoms with E-state index < -0.39 is 6.10 Å². The lowest BCUT2D eigenvalue weighted by Crippen LogP contribution is -2.25. The molecule has 102 valence electrons. The number of imidazole rings is 1. The molecule has 0 amide bonds. The van der Waals surface area contributed by atoms with Gasteiger partial charge in [-0.15, -0.1) is 0 Å². The predicted molar refractivity (Wildman–Crippen MR) is 75.2 cm³/mol.